The third-order valence-corrected chi connectivity index (χ3v) is 7.21. The Kier molecular flexibility index (Phi) is 9.14. The lowest BCUT2D eigenvalue weighted by Gasteiger charge is -2.25. The van der Waals surface area contributed by atoms with E-state index >= 15 is 0 Å². The largest absolute Gasteiger partial charge is 0.491 e. The molecule has 0 saturated heterocycles. The number of benzene rings is 2. The molecule has 1 aliphatic heterocycles. The van der Waals surface area contributed by atoms with E-state index in [1.165, 1.54) is 12.0 Å². The number of aromatic nitrogens is 1. The van der Waals surface area contributed by atoms with Crippen LogP contribution < -0.4 is 9.64 Å². The van der Waals surface area contributed by atoms with Crippen molar-refractivity contribution >= 4 is 28.6 Å². The molecule has 0 amide bonds. The van der Waals surface area contributed by atoms with Crippen LogP contribution in [0.4, 0.5) is 5.69 Å². The first-order valence-corrected chi connectivity index (χ1v) is 13.4. The Hall–Kier alpha value is -3.16. The van der Waals surface area contributed by atoms with Crippen LogP contribution in [-0.4, -0.2) is 44.4 Å². The minimum Gasteiger partial charge on any atom is -0.491 e. The third-order valence-electron chi connectivity index (χ3n) is 6.29. The topological polar surface area (TPSA) is 60.9 Å². The molecular formula is C29H34N2O4S. The SMILES string of the molecule is CCCCOCCOc1ccc(-c2ccc3c(c2)C(C(=O)OC)=CCCN3Cc2scnc2C)cc1. The zero-order chi connectivity index (χ0) is 25.3. The molecule has 2 aromatic carbocycles. The van der Waals surface area contributed by atoms with Crippen LogP contribution in [0, 0.1) is 6.92 Å². The Morgan fingerprint density at radius 2 is 1.89 bits per heavy atom. The van der Waals surface area contributed by atoms with Gasteiger partial charge in [-0.1, -0.05) is 37.6 Å². The lowest BCUT2D eigenvalue weighted by molar-refractivity contribution is -0.133. The van der Waals surface area contributed by atoms with Crippen LogP contribution in [-0.2, 0) is 20.8 Å². The van der Waals surface area contributed by atoms with Crippen LogP contribution in [0.15, 0.2) is 54.1 Å². The van der Waals surface area contributed by atoms with E-state index in [1.807, 2.05) is 42.8 Å². The lowest BCUT2D eigenvalue weighted by atomic mass is 9.97. The van der Waals surface area contributed by atoms with Crippen LogP contribution in [0.2, 0.25) is 0 Å². The molecule has 0 aliphatic carbocycles. The molecule has 0 radical (unpaired) electrons. The van der Waals surface area contributed by atoms with Gasteiger partial charge in [0.15, 0.2) is 0 Å². The molecule has 0 fully saturated rings. The number of aryl methyl sites for hydroxylation is 1. The van der Waals surface area contributed by atoms with Crippen molar-refractivity contribution in [3.05, 3.63) is 70.2 Å². The van der Waals surface area contributed by atoms with E-state index in [0.717, 1.165) is 72.8 Å². The highest BCUT2D eigenvalue weighted by Crippen LogP contribution is 2.36. The third kappa shape index (κ3) is 6.33. The number of nitrogens with zero attached hydrogens (tertiary/aromatic N) is 2. The molecule has 0 atom stereocenters. The van der Waals surface area contributed by atoms with E-state index < -0.39 is 0 Å². The maximum absolute atomic E-state index is 12.7. The second kappa shape index (κ2) is 12.7. The van der Waals surface area contributed by atoms with Crippen LogP contribution in [0.3, 0.4) is 0 Å². The number of thiazole rings is 1. The molecule has 7 heteroatoms. The van der Waals surface area contributed by atoms with Crippen LogP contribution in [0.25, 0.3) is 16.7 Å². The van der Waals surface area contributed by atoms with Gasteiger partial charge < -0.3 is 19.1 Å². The van der Waals surface area contributed by atoms with Crippen LogP contribution in [0.5, 0.6) is 5.75 Å². The number of unbranched alkanes of at least 4 members (excludes halogenated alkanes) is 1. The molecule has 0 bridgehead atoms. The van der Waals surface area contributed by atoms with Gasteiger partial charge in [0.2, 0.25) is 0 Å². The number of carbonyl (C=O) groups is 1. The van der Waals surface area contributed by atoms with E-state index in [-0.39, 0.29) is 5.97 Å². The smallest absolute Gasteiger partial charge is 0.338 e. The fourth-order valence-corrected chi connectivity index (χ4v) is 5.02. The Morgan fingerprint density at radius 1 is 1.08 bits per heavy atom. The summed E-state index contributed by atoms with van der Waals surface area (Å²) in [5.41, 5.74) is 7.57. The number of ether oxygens (including phenoxy) is 3. The molecule has 0 unspecified atom stereocenters. The number of rotatable bonds is 11. The van der Waals surface area contributed by atoms with Gasteiger partial charge in [0.05, 0.1) is 37.0 Å². The summed E-state index contributed by atoms with van der Waals surface area (Å²) in [5.74, 6) is 0.503. The standard InChI is InChI=1S/C29H34N2O4S/c1-4-5-15-34-16-17-35-24-11-8-22(9-12-24)23-10-13-27-26(18-23)25(29(32)33-3)7-6-14-31(27)19-28-21(2)30-20-36-28/h7-13,18,20H,4-6,14-17,19H2,1-3H3. The second-order valence-corrected chi connectivity index (χ2v) is 9.69. The highest BCUT2D eigenvalue weighted by atomic mass is 32.1. The lowest BCUT2D eigenvalue weighted by Crippen LogP contribution is -2.23. The number of anilines is 1. The first-order valence-electron chi connectivity index (χ1n) is 12.5. The predicted octanol–water partition coefficient (Wildman–Crippen LogP) is 6.28. The maximum atomic E-state index is 12.7. The monoisotopic (exact) mass is 506 g/mol. The van der Waals surface area contributed by atoms with E-state index in [0.29, 0.717) is 18.8 Å². The molecule has 4 rings (SSSR count). The van der Waals surface area contributed by atoms with Crippen LogP contribution >= 0.6 is 11.3 Å². The molecule has 2 heterocycles. The maximum Gasteiger partial charge on any atom is 0.338 e. The average Bonchev–Trinajstić information content (AvgIpc) is 3.22. The van der Waals surface area contributed by atoms with Crippen molar-refractivity contribution in [2.45, 2.75) is 39.7 Å². The van der Waals surface area contributed by atoms with Gasteiger partial charge in [-0.3, -0.25) is 0 Å². The number of carbonyl (C=O) groups excluding carboxylic acids is 1. The van der Waals surface area contributed by atoms with Gasteiger partial charge in [-0.15, -0.1) is 11.3 Å². The summed E-state index contributed by atoms with van der Waals surface area (Å²) in [6.07, 6.45) is 4.96. The second-order valence-electron chi connectivity index (χ2n) is 8.75. The van der Waals surface area contributed by atoms with Gasteiger partial charge in [0.25, 0.3) is 0 Å². The first kappa shape index (κ1) is 25.9. The molecule has 0 saturated carbocycles. The highest BCUT2D eigenvalue weighted by Gasteiger charge is 2.24. The minimum absolute atomic E-state index is 0.311. The molecule has 3 aromatic rings. The molecular weight excluding hydrogens is 472 g/mol. The highest BCUT2D eigenvalue weighted by molar-refractivity contribution is 7.09. The van der Waals surface area contributed by atoms with Crippen molar-refractivity contribution < 1.29 is 19.0 Å². The fourth-order valence-electron chi connectivity index (χ4n) is 4.23. The number of esters is 1. The predicted molar refractivity (Wildman–Crippen MR) is 146 cm³/mol. The van der Waals surface area contributed by atoms with Gasteiger partial charge in [0, 0.05) is 29.3 Å². The van der Waals surface area contributed by atoms with E-state index in [2.05, 4.69) is 35.0 Å². The number of hydrogen-bond acceptors (Lipinski definition) is 7. The minimum atomic E-state index is -0.311. The van der Waals surface area contributed by atoms with Crippen molar-refractivity contribution in [1.29, 1.82) is 0 Å². The van der Waals surface area contributed by atoms with Crippen molar-refractivity contribution in [3.63, 3.8) is 0 Å². The Balaban J connectivity index is 1.55. The zero-order valence-electron chi connectivity index (χ0n) is 21.3. The van der Waals surface area contributed by atoms with Gasteiger partial charge in [0.1, 0.15) is 12.4 Å². The zero-order valence-corrected chi connectivity index (χ0v) is 22.1. The summed E-state index contributed by atoms with van der Waals surface area (Å²) in [6, 6.07) is 14.4. The van der Waals surface area contributed by atoms with E-state index in [1.54, 1.807) is 11.3 Å². The summed E-state index contributed by atoms with van der Waals surface area (Å²) >= 11 is 1.67. The molecule has 1 aliphatic rings. The van der Waals surface area contributed by atoms with Crippen molar-refractivity contribution in [1.82, 2.24) is 4.98 Å². The molecule has 0 N–H and O–H groups in total. The van der Waals surface area contributed by atoms with E-state index in [9.17, 15) is 4.79 Å². The molecule has 190 valence electrons. The van der Waals surface area contributed by atoms with Crippen molar-refractivity contribution in [2.75, 3.05) is 38.4 Å². The average molecular weight is 507 g/mol. The summed E-state index contributed by atoms with van der Waals surface area (Å²) in [6.45, 7) is 7.67. The Bertz CT molecular complexity index is 1190. The Morgan fingerprint density at radius 3 is 2.61 bits per heavy atom. The van der Waals surface area contributed by atoms with Crippen molar-refractivity contribution in [3.8, 4) is 16.9 Å². The Labute approximate surface area is 217 Å². The molecule has 0 spiro atoms. The van der Waals surface area contributed by atoms with Gasteiger partial charge in [-0.25, -0.2) is 9.78 Å². The van der Waals surface area contributed by atoms with Gasteiger partial charge in [-0.2, -0.15) is 0 Å². The molecule has 1 aromatic heterocycles. The quantitative estimate of drug-likeness (QED) is 0.225. The van der Waals surface area contributed by atoms with Gasteiger partial charge in [-0.05, 0) is 55.2 Å². The first-order chi connectivity index (χ1) is 17.6. The normalized spacial score (nSPS) is 13.1. The van der Waals surface area contributed by atoms with E-state index in [4.69, 9.17) is 14.2 Å². The summed E-state index contributed by atoms with van der Waals surface area (Å²) < 4.78 is 16.5. The number of methoxy groups -OCH3 is 1. The number of fused-ring (bicyclic) bond motifs is 1. The summed E-state index contributed by atoms with van der Waals surface area (Å²) in [5, 5.41) is 0. The van der Waals surface area contributed by atoms with Gasteiger partial charge >= 0.3 is 5.97 Å². The van der Waals surface area contributed by atoms with Crippen molar-refractivity contribution in [2.24, 2.45) is 0 Å². The summed E-state index contributed by atoms with van der Waals surface area (Å²) in [7, 11) is 1.43. The molecule has 6 nitrogen and oxygen atoms in total. The summed E-state index contributed by atoms with van der Waals surface area (Å²) in [4.78, 5) is 20.7. The van der Waals surface area contributed by atoms with Crippen LogP contribution in [0.1, 0.15) is 42.3 Å². The number of hydrogen-bond donors (Lipinski definition) is 0. The fraction of sp³-hybridized carbons (Fsp3) is 0.379. The molecule has 36 heavy (non-hydrogen) atoms.